The number of hydrogen-bond donors (Lipinski definition) is 0. The maximum atomic E-state index is 13.2. The lowest BCUT2D eigenvalue weighted by molar-refractivity contribution is -0.384. The van der Waals surface area contributed by atoms with Gasteiger partial charge in [0.05, 0.1) is 40.7 Å². The summed E-state index contributed by atoms with van der Waals surface area (Å²) in [6, 6.07) is 5.88. The summed E-state index contributed by atoms with van der Waals surface area (Å²) in [5, 5.41) is 11.4. The van der Waals surface area contributed by atoms with Gasteiger partial charge in [-0.1, -0.05) is 64.5 Å². The first kappa shape index (κ1) is 28.0. The Morgan fingerprint density at radius 1 is 0.857 bits per heavy atom. The van der Waals surface area contributed by atoms with Crippen LogP contribution in [0.4, 0.5) is 5.69 Å². The van der Waals surface area contributed by atoms with Crippen LogP contribution < -0.4 is 0 Å². The maximum Gasteiger partial charge on any atom is 0.340 e. The van der Waals surface area contributed by atoms with E-state index in [1.165, 1.54) is 18.2 Å². The fraction of sp³-hybridized carbons (Fsp3) is 0.519. The SMILES string of the molecule is CCCCCCOC(=O)c1c(C)nc(C)c(C(=O)OCCCCCC)c1-c1cccc([N+](=O)[O-])c1. The monoisotopic (exact) mass is 484 g/mol. The first-order valence-electron chi connectivity index (χ1n) is 12.4. The number of ether oxygens (including phenoxy) is 2. The molecule has 1 heterocycles. The van der Waals surface area contributed by atoms with E-state index in [-0.39, 0.29) is 35.6 Å². The van der Waals surface area contributed by atoms with Crippen LogP contribution in [0.25, 0.3) is 11.1 Å². The van der Waals surface area contributed by atoms with E-state index in [2.05, 4.69) is 18.8 Å². The minimum atomic E-state index is -0.606. The van der Waals surface area contributed by atoms with E-state index in [0.717, 1.165) is 51.4 Å². The highest BCUT2D eigenvalue weighted by Crippen LogP contribution is 2.34. The van der Waals surface area contributed by atoms with Gasteiger partial charge in [-0.2, -0.15) is 0 Å². The molecule has 0 saturated carbocycles. The summed E-state index contributed by atoms with van der Waals surface area (Å²) in [5.74, 6) is -1.21. The molecule has 0 aliphatic rings. The van der Waals surface area contributed by atoms with Crippen LogP contribution in [0.5, 0.6) is 0 Å². The summed E-state index contributed by atoms with van der Waals surface area (Å²) in [6.07, 6.45) is 7.59. The number of nitro groups is 1. The molecule has 2 aromatic rings. The van der Waals surface area contributed by atoms with Gasteiger partial charge in [-0.05, 0) is 32.3 Å². The molecule has 0 aliphatic carbocycles. The first-order chi connectivity index (χ1) is 16.8. The van der Waals surface area contributed by atoms with Crippen LogP contribution in [0, 0.1) is 24.0 Å². The zero-order valence-corrected chi connectivity index (χ0v) is 21.2. The average molecular weight is 485 g/mol. The predicted molar refractivity (Wildman–Crippen MR) is 135 cm³/mol. The van der Waals surface area contributed by atoms with E-state index in [4.69, 9.17) is 9.47 Å². The Balaban J connectivity index is 2.51. The zero-order valence-electron chi connectivity index (χ0n) is 21.2. The topological polar surface area (TPSA) is 109 Å². The minimum absolute atomic E-state index is 0.129. The number of unbranched alkanes of at least 4 members (excludes halogenated alkanes) is 6. The van der Waals surface area contributed by atoms with Crippen LogP contribution in [-0.2, 0) is 9.47 Å². The Bertz CT molecular complexity index is 984. The normalized spacial score (nSPS) is 10.7. The van der Waals surface area contributed by atoms with Crippen molar-refractivity contribution in [1.29, 1.82) is 0 Å². The summed E-state index contributed by atoms with van der Waals surface area (Å²) in [6.45, 7) is 8.03. The maximum absolute atomic E-state index is 13.2. The Kier molecular flexibility index (Phi) is 11.3. The fourth-order valence-electron chi connectivity index (χ4n) is 3.95. The van der Waals surface area contributed by atoms with Crippen molar-refractivity contribution < 1.29 is 24.0 Å². The number of esters is 2. The zero-order chi connectivity index (χ0) is 25.8. The molecule has 8 heteroatoms. The molecule has 190 valence electrons. The van der Waals surface area contributed by atoms with E-state index in [0.29, 0.717) is 17.0 Å². The molecular weight excluding hydrogens is 448 g/mol. The van der Waals surface area contributed by atoms with Gasteiger partial charge in [0.1, 0.15) is 0 Å². The van der Waals surface area contributed by atoms with Crippen molar-refractivity contribution >= 4 is 17.6 Å². The third-order valence-corrected chi connectivity index (χ3v) is 5.78. The number of aryl methyl sites for hydroxylation is 2. The van der Waals surface area contributed by atoms with Gasteiger partial charge in [0, 0.05) is 17.7 Å². The Hall–Kier alpha value is -3.29. The molecule has 0 aliphatic heterocycles. The van der Waals surface area contributed by atoms with Crippen molar-refractivity contribution in [3.63, 3.8) is 0 Å². The van der Waals surface area contributed by atoms with E-state index in [9.17, 15) is 19.7 Å². The molecular formula is C27H36N2O6. The molecule has 1 aromatic carbocycles. The van der Waals surface area contributed by atoms with Crippen LogP contribution >= 0.6 is 0 Å². The van der Waals surface area contributed by atoms with E-state index >= 15 is 0 Å². The summed E-state index contributed by atoms with van der Waals surface area (Å²) >= 11 is 0. The van der Waals surface area contributed by atoms with Gasteiger partial charge >= 0.3 is 11.9 Å². The summed E-state index contributed by atoms with van der Waals surface area (Å²) in [4.78, 5) is 41.7. The van der Waals surface area contributed by atoms with Crippen LogP contribution in [-0.4, -0.2) is 35.1 Å². The molecule has 0 saturated heterocycles. The van der Waals surface area contributed by atoms with Crippen molar-refractivity contribution in [2.45, 2.75) is 79.1 Å². The second-order valence-corrected chi connectivity index (χ2v) is 8.61. The Labute approximate surface area is 207 Å². The quantitative estimate of drug-likeness (QED) is 0.126. The van der Waals surface area contributed by atoms with Crippen LogP contribution in [0.1, 0.15) is 97.3 Å². The number of nitro benzene ring substituents is 1. The number of nitrogens with zero attached hydrogens (tertiary/aromatic N) is 2. The lowest BCUT2D eigenvalue weighted by Crippen LogP contribution is -2.18. The van der Waals surface area contributed by atoms with Gasteiger partial charge < -0.3 is 9.47 Å². The van der Waals surface area contributed by atoms with Crippen LogP contribution in [0.3, 0.4) is 0 Å². The number of non-ortho nitro benzene ring substituents is 1. The fourth-order valence-corrected chi connectivity index (χ4v) is 3.95. The first-order valence-corrected chi connectivity index (χ1v) is 12.4. The molecule has 0 unspecified atom stereocenters. The molecule has 0 fully saturated rings. The molecule has 0 spiro atoms. The standard InChI is InChI=1S/C27H36N2O6/c1-5-7-9-11-16-34-26(30)23-19(3)28-20(4)24(27(31)35-17-12-10-8-6-2)25(23)21-14-13-15-22(18-21)29(32)33/h13-15,18H,5-12,16-17H2,1-4H3. The van der Waals surface area contributed by atoms with Crippen molar-refractivity contribution in [3.05, 3.63) is 56.9 Å². The van der Waals surface area contributed by atoms with Gasteiger partial charge in [0.2, 0.25) is 0 Å². The van der Waals surface area contributed by atoms with E-state index in [1.807, 2.05) is 0 Å². The van der Waals surface area contributed by atoms with Gasteiger partial charge in [-0.25, -0.2) is 9.59 Å². The van der Waals surface area contributed by atoms with Crippen LogP contribution in [0.15, 0.2) is 24.3 Å². The number of aromatic nitrogens is 1. The third kappa shape index (κ3) is 7.87. The molecule has 0 radical (unpaired) electrons. The predicted octanol–water partition coefficient (Wildman–Crippen LogP) is 6.75. The number of carbonyl (C=O) groups excluding carboxylic acids is 2. The van der Waals surface area contributed by atoms with Gasteiger partial charge in [0.25, 0.3) is 5.69 Å². The molecule has 0 amide bonds. The lowest BCUT2D eigenvalue weighted by atomic mass is 9.92. The molecule has 0 N–H and O–H groups in total. The number of rotatable bonds is 14. The van der Waals surface area contributed by atoms with Gasteiger partial charge in [0.15, 0.2) is 0 Å². The second kappa shape index (κ2) is 14.2. The van der Waals surface area contributed by atoms with Crippen molar-refractivity contribution in [2.75, 3.05) is 13.2 Å². The largest absolute Gasteiger partial charge is 0.462 e. The number of benzene rings is 1. The number of carbonyl (C=O) groups is 2. The summed E-state index contributed by atoms with van der Waals surface area (Å²) in [7, 11) is 0. The number of hydrogen-bond acceptors (Lipinski definition) is 7. The number of pyridine rings is 1. The Morgan fingerprint density at radius 2 is 1.37 bits per heavy atom. The van der Waals surface area contributed by atoms with E-state index < -0.39 is 16.9 Å². The molecule has 0 bridgehead atoms. The highest BCUT2D eigenvalue weighted by molar-refractivity contribution is 6.07. The van der Waals surface area contributed by atoms with Crippen molar-refractivity contribution in [3.8, 4) is 11.1 Å². The highest BCUT2D eigenvalue weighted by atomic mass is 16.6. The smallest absolute Gasteiger partial charge is 0.340 e. The van der Waals surface area contributed by atoms with Crippen LogP contribution in [0.2, 0.25) is 0 Å². The molecule has 2 rings (SSSR count). The second-order valence-electron chi connectivity index (χ2n) is 8.61. The molecule has 35 heavy (non-hydrogen) atoms. The minimum Gasteiger partial charge on any atom is -0.462 e. The molecule has 8 nitrogen and oxygen atoms in total. The van der Waals surface area contributed by atoms with Crippen molar-refractivity contribution in [2.24, 2.45) is 0 Å². The molecule has 0 atom stereocenters. The average Bonchev–Trinajstić information content (AvgIpc) is 2.83. The Morgan fingerprint density at radius 3 is 1.83 bits per heavy atom. The van der Waals surface area contributed by atoms with Crippen molar-refractivity contribution in [1.82, 2.24) is 4.98 Å². The van der Waals surface area contributed by atoms with Gasteiger partial charge in [-0.15, -0.1) is 0 Å². The highest BCUT2D eigenvalue weighted by Gasteiger charge is 2.28. The summed E-state index contributed by atoms with van der Waals surface area (Å²) in [5.41, 5.74) is 1.52. The molecule has 1 aromatic heterocycles. The summed E-state index contributed by atoms with van der Waals surface area (Å²) < 4.78 is 11.1. The van der Waals surface area contributed by atoms with Gasteiger partial charge in [-0.3, -0.25) is 15.1 Å². The lowest BCUT2D eigenvalue weighted by Gasteiger charge is -2.18. The third-order valence-electron chi connectivity index (χ3n) is 5.78. The van der Waals surface area contributed by atoms with E-state index in [1.54, 1.807) is 19.9 Å².